The topological polar surface area (TPSA) is 51.8 Å². The van der Waals surface area contributed by atoms with E-state index in [0.29, 0.717) is 5.82 Å². The van der Waals surface area contributed by atoms with Crippen LogP contribution < -0.4 is 5.73 Å². The zero-order chi connectivity index (χ0) is 14.7. The lowest BCUT2D eigenvalue weighted by atomic mass is 10.2. The van der Waals surface area contributed by atoms with Crippen LogP contribution in [0, 0.1) is 20.8 Å². The van der Waals surface area contributed by atoms with E-state index in [0.717, 1.165) is 29.3 Å². The lowest BCUT2D eigenvalue weighted by Crippen LogP contribution is -2.04. The van der Waals surface area contributed by atoms with Gasteiger partial charge in [0.2, 0.25) is 0 Å². The predicted octanol–water partition coefficient (Wildman–Crippen LogP) is 4.09. The van der Waals surface area contributed by atoms with E-state index in [4.69, 9.17) is 5.73 Å². The van der Waals surface area contributed by atoms with Gasteiger partial charge in [-0.2, -0.15) is 0 Å². The largest absolute Gasteiger partial charge is 0.383 e. The van der Waals surface area contributed by atoms with Crippen molar-refractivity contribution in [2.45, 2.75) is 50.5 Å². The van der Waals surface area contributed by atoms with Crippen LogP contribution in [0.3, 0.4) is 0 Å². The third kappa shape index (κ3) is 3.31. The van der Waals surface area contributed by atoms with Gasteiger partial charge in [-0.1, -0.05) is 30.8 Å². The van der Waals surface area contributed by atoms with Crippen molar-refractivity contribution in [3.05, 3.63) is 40.7 Å². The van der Waals surface area contributed by atoms with Crippen LogP contribution in [0.25, 0.3) is 0 Å². The van der Waals surface area contributed by atoms with Crippen LogP contribution in [0.4, 0.5) is 5.82 Å². The Morgan fingerprint density at radius 1 is 1.15 bits per heavy atom. The molecule has 0 saturated heterocycles. The molecular weight excluding hydrogens is 266 g/mol. The van der Waals surface area contributed by atoms with Gasteiger partial charge in [0.05, 0.1) is 0 Å². The third-order valence-electron chi connectivity index (χ3n) is 3.21. The Kier molecular flexibility index (Phi) is 4.65. The molecular formula is C16H21N3S. The van der Waals surface area contributed by atoms with Crippen molar-refractivity contribution in [3.8, 4) is 0 Å². The van der Waals surface area contributed by atoms with Crippen LogP contribution in [0.2, 0.25) is 0 Å². The number of aromatic nitrogens is 2. The maximum absolute atomic E-state index is 6.01. The fraction of sp³-hybridized carbons (Fsp3) is 0.375. The standard InChI is InChI=1S/C16H21N3S/c1-5-6-14-18-15(17)12(4)16(19-14)20-13-9-10(2)7-8-11(13)3/h7-9H,5-6H2,1-4H3,(H2,17,18,19). The van der Waals surface area contributed by atoms with Crippen molar-refractivity contribution < 1.29 is 0 Å². The highest BCUT2D eigenvalue weighted by Crippen LogP contribution is 2.33. The number of aryl methyl sites for hydroxylation is 3. The maximum atomic E-state index is 6.01. The van der Waals surface area contributed by atoms with Crippen LogP contribution in [-0.4, -0.2) is 9.97 Å². The maximum Gasteiger partial charge on any atom is 0.132 e. The van der Waals surface area contributed by atoms with Crippen LogP contribution in [0.5, 0.6) is 0 Å². The number of hydrogen-bond donors (Lipinski definition) is 1. The van der Waals surface area contributed by atoms with E-state index in [1.165, 1.54) is 16.0 Å². The molecule has 0 aliphatic heterocycles. The third-order valence-corrected chi connectivity index (χ3v) is 4.46. The van der Waals surface area contributed by atoms with Crippen LogP contribution in [0.1, 0.15) is 35.9 Å². The molecule has 0 aliphatic carbocycles. The minimum atomic E-state index is 0.594. The highest BCUT2D eigenvalue weighted by atomic mass is 32.2. The smallest absolute Gasteiger partial charge is 0.132 e. The van der Waals surface area contributed by atoms with Gasteiger partial charge in [-0.25, -0.2) is 9.97 Å². The summed E-state index contributed by atoms with van der Waals surface area (Å²) in [4.78, 5) is 10.2. The second-order valence-electron chi connectivity index (χ2n) is 5.08. The molecule has 1 heterocycles. The quantitative estimate of drug-likeness (QED) is 0.861. The molecule has 106 valence electrons. The van der Waals surface area contributed by atoms with Crippen LogP contribution in [0.15, 0.2) is 28.1 Å². The van der Waals surface area contributed by atoms with Crippen LogP contribution in [-0.2, 0) is 6.42 Å². The number of anilines is 1. The van der Waals surface area contributed by atoms with Crippen LogP contribution >= 0.6 is 11.8 Å². The average molecular weight is 287 g/mol. The molecule has 3 nitrogen and oxygen atoms in total. The summed E-state index contributed by atoms with van der Waals surface area (Å²) in [6.07, 6.45) is 1.89. The molecule has 0 amide bonds. The van der Waals surface area contributed by atoms with Crippen molar-refractivity contribution in [3.63, 3.8) is 0 Å². The molecule has 0 aliphatic rings. The molecule has 1 aromatic heterocycles. The summed E-state index contributed by atoms with van der Waals surface area (Å²) in [6, 6.07) is 6.46. The fourth-order valence-corrected chi connectivity index (χ4v) is 3.01. The van der Waals surface area contributed by atoms with E-state index in [2.05, 4.69) is 48.9 Å². The molecule has 0 unspecified atom stereocenters. The van der Waals surface area contributed by atoms with Crippen molar-refractivity contribution in [1.29, 1.82) is 0 Å². The highest BCUT2D eigenvalue weighted by Gasteiger charge is 2.11. The Morgan fingerprint density at radius 3 is 2.60 bits per heavy atom. The molecule has 0 bridgehead atoms. The SMILES string of the molecule is CCCc1nc(N)c(C)c(Sc2cc(C)ccc2C)n1. The normalized spacial score (nSPS) is 10.8. The molecule has 2 aromatic rings. The molecule has 4 heteroatoms. The number of rotatable bonds is 4. The number of hydrogen-bond acceptors (Lipinski definition) is 4. The minimum Gasteiger partial charge on any atom is -0.383 e. The van der Waals surface area contributed by atoms with Crippen molar-refractivity contribution in [1.82, 2.24) is 9.97 Å². The van der Waals surface area contributed by atoms with E-state index in [-0.39, 0.29) is 0 Å². The molecule has 2 rings (SSSR count). The number of benzene rings is 1. The molecule has 0 spiro atoms. The molecule has 1 aromatic carbocycles. The summed E-state index contributed by atoms with van der Waals surface area (Å²) in [5.41, 5.74) is 9.49. The Labute approximate surface area is 125 Å². The summed E-state index contributed by atoms with van der Waals surface area (Å²) in [7, 11) is 0. The summed E-state index contributed by atoms with van der Waals surface area (Å²) < 4.78 is 0. The van der Waals surface area contributed by atoms with Gasteiger partial charge in [0, 0.05) is 16.9 Å². The lowest BCUT2D eigenvalue weighted by molar-refractivity contribution is 0.805. The first-order valence-corrected chi connectivity index (χ1v) is 7.71. The van der Waals surface area contributed by atoms with Gasteiger partial charge in [-0.3, -0.25) is 0 Å². The van der Waals surface area contributed by atoms with E-state index in [9.17, 15) is 0 Å². The predicted molar refractivity (Wildman–Crippen MR) is 85.2 cm³/mol. The minimum absolute atomic E-state index is 0.594. The fourth-order valence-electron chi connectivity index (χ4n) is 1.91. The summed E-state index contributed by atoms with van der Waals surface area (Å²) in [5, 5.41) is 0.967. The molecule has 0 saturated carbocycles. The zero-order valence-electron chi connectivity index (χ0n) is 12.5. The zero-order valence-corrected chi connectivity index (χ0v) is 13.3. The van der Waals surface area contributed by atoms with Gasteiger partial charge in [0.1, 0.15) is 16.7 Å². The molecule has 20 heavy (non-hydrogen) atoms. The Morgan fingerprint density at radius 2 is 1.90 bits per heavy atom. The summed E-state index contributed by atoms with van der Waals surface area (Å²) in [5.74, 6) is 1.43. The van der Waals surface area contributed by atoms with E-state index < -0.39 is 0 Å². The highest BCUT2D eigenvalue weighted by molar-refractivity contribution is 7.99. The number of nitrogen functional groups attached to an aromatic ring is 1. The Balaban J connectivity index is 2.39. The van der Waals surface area contributed by atoms with Gasteiger partial charge in [0.25, 0.3) is 0 Å². The Bertz CT molecular complexity index is 623. The molecule has 0 atom stereocenters. The van der Waals surface area contributed by atoms with E-state index >= 15 is 0 Å². The van der Waals surface area contributed by atoms with Gasteiger partial charge >= 0.3 is 0 Å². The van der Waals surface area contributed by atoms with Gasteiger partial charge in [-0.05, 0) is 44.4 Å². The van der Waals surface area contributed by atoms with Crippen molar-refractivity contribution in [2.75, 3.05) is 5.73 Å². The summed E-state index contributed by atoms with van der Waals surface area (Å²) >= 11 is 1.68. The van der Waals surface area contributed by atoms with Crippen molar-refractivity contribution >= 4 is 17.6 Å². The second kappa shape index (κ2) is 6.27. The first kappa shape index (κ1) is 14.9. The summed E-state index contributed by atoms with van der Waals surface area (Å²) in [6.45, 7) is 8.33. The van der Waals surface area contributed by atoms with Crippen molar-refractivity contribution in [2.24, 2.45) is 0 Å². The Hall–Kier alpha value is -1.55. The monoisotopic (exact) mass is 287 g/mol. The van der Waals surface area contributed by atoms with Gasteiger partial charge in [0.15, 0.2) is 0 Å². The van der Waals surface area contributed by atoms with Gasteiger partial charge in [-0.15, -0.1) is 0 Å². The number of nitrogens with two attached hydrogens (primary N) is 1. The molecule has 2 N–H and O–H groups in total. The average Bonchev–Trinajstić information content (AvgIpc) is 2.40. The van der Waals surface area contributed by atoms with Gasteiger partial charge < -0.3 is 5.73 Å². The lowest BCUT2D eigenvalue weighted by Gasteiger charge is -2.11. The second-order valence-corrected chi connectivity index (χ2v) is 6.11. The first-order chi connectivity index (χ1) is 9.51. The molecule has 0 fully saturated rings. The first-order valence-electron chi connectivity index (χ1n) is 6.89. The molecule has 0 radical (unpaired) electrons. The van der Waals surface area contributed by atoms with E-state index in [1.54, 1.807) is 11.8 Å². The van der Waals surface area contributed by atoms with E-state index in [1.807, 2.05) is 6.92 Å². The number of nitrogens with zero attached hydrogens (tertiary/aromatic N) is 2.